The minimum Gasteiger partial charge on any atom is -0.350 e. The molecule has 0 aromatic heterocycles. The molecule has 4 nitrogen and oxygen atoms in total. The molecule has 1 N–H and O–H groups in total. The van der Waals surface area contributed by atoms with Gasteiger partial charge in [0.05, 0.1) is 10.7 Å². The standard InChI is InChI=1S/C19H20ClFN2O2/c1-12-9-13(2)18(17(20)10-12)23(14(3)24)8-7-22-19(25)15-5-4-6-16(21)11-15/h4-6,9-11H,7-8H2,1-3H3,(H,22,25). The molecule has 132 valence electrons. The summed E-state index contributed by atoms with van der Waals surface area (Å²) < 4.78 is 13.2. The molecule has 2 rings (SSSR count). The third-order valence-corrected chi connectivity index (χ3v) is 4.04. The van der Waals surface area contributed by atoms with Crippen LogP contribution in [0, 0.1) is 19.7 Å². The second-order valence-electron chi connectivity index (χ2n) is 5.85. The first kappa shape index (κ1) is 18.9. The Morgan fingerprint density at radius 3 is 2.52 bits per heavy atom. The van der Waals surface area contributed by atoms with Crippen molar-refractivity contribution in [3.8, 4) is 0 Å². The quantitative estimate of drug-likeness (QED) is 0.877. The largest absolute Gasteiger partial charge is 0.350 e. The lowest BCUT2D eigenvalue weighted by atomic mass is 10.1. The van der Waals surface area contributed by atoms with Gasteiger partial charge in [-0.15, -0.1) is 0 Å². The predicted octanol–water partition coefficient (Wildman–Crippen LogP) is 3.88. The Morgan fingerprint density at radius 2 is 1.92 bits per heavy atom. The topological polar surface area (TPSA) is 49.4 Å². The summed E-state index contributed by atoms with van der Waals surface area (Å²) in [5, 5.41) is 3.18. The number of hydrogen-bond donors (Lipinski definition) is 1. The number of aryl methyl sites for hydroxylation is 2. The van der Waals surface area contributed by atoms with Crippen LogP contribution in [0.2, 0.25) is 5.02 Å². The van der Waals surface area contributed by atoms with Gasteiger partial charge in [0.25, 0.3) is 5.91 Å². The monoisotopic (exact) mass is 362 g/mol. The van der Waals surface area contributed by atoms with Crippen molar-refractivity contribution in [2.75, 3.05) is 18.0 Å². The van der Waals surface area contributed by atoms with E-state index in [1.807, 2.05) is 19.9 Å². The SMILES string of the molecule is CC(=O)N(CCNC(=O)c1cccc(F)c1)c1c(C)cc(C)cc1Cl. The molecular weight excluding hydrogens is 343 g/mol. The summed E-state index contributed by atoms with van der Waals surface area (Å²) >= 11 is 6.31. The van der Waals surface area contributed by atoms with Crippen molar-refractivity contribution < 1.29 is 14.0 Å². The van der Waals surface area contributed by atoms with Gasteiger partial charge in [-0.05, 0) is 49.2 Å². The van der Waals surface area contributed by atoms with E-state index in [1.54, 1.807) is 6.07 Å². The van der Waals surface area contributed by atoms with Crippen LogP contribution in [0.1, 0.15) is 28.4 Å². The lowest BCUT2D eigenvalue weighted by Crippen LogP contribution is -2.38. The van der Waals surface area contributed by atoms with Gasteiger partial charge < -0.3 is 10.2 Å². The van der Waals surface area contributed by atoms with Gasteiger partial charge in [-0.1, -0.05) is 23.7 Å². The zero-order valence-electron chi connectivity index (χ0n) is 14.4. The van der Waals surface area contributed by atoms with E-state index < -0.39 is 11.7 Å². The number of nitrogens with one attached hydrogen (secondary N) is 1. The van der Waals surface area contributed by atoms with Gasteiger partial charge in [-0.2, -0.15) is 0 Å². The second kappa shape index (κ2) is 8.12. The van der Waals surface area contributed by atoms with Gasteiger partial charge in [0.1, 0.15) is 5.82 Å². The van der Waals surface area contributed by atoms with Gasteiger partial charge in [-0.25, -0.2) is 4.39 Å². The summed E-state index contributed by atoms with van der Waals surface area (Å²) in [4.78, 5) is 25.6. The Kier molecular flexibility index (Phi) is 6.15. The van der Waals surface area contributed by atoms with Crippen molar-refractivity contribution in [3.05, 3.63) is 63.9 Å². The molecular formula is C19H20ClFN2O2. The Balaban J connectivity index is 2.09. The number of carbonyl (C=O) groups is 2. The zero-order valence-corrected chi connectivity index (χ0v) is 15.2. The minimum absolute atomic E-state index is 0.172. The van der Waals surface area contributed by atoms with E-state index in [9.17, 15) is 14.0 Å². The summed E-state index contributed by atoms with van der Waals surface area (Å²) in [7, 11) is 0. The first-order valence-electron chi connectivity index (χ1n) is 7.88. The third-order valence-electron chi connectivity index (χ3n) is 3.76. The van der Waals surface area contributed by atoms with Crippen molar-refractivity contribution in [2.45, 2.75) is 20.8 Å². The van der Waals surface area contributed by atoms with Crippen molar-refractivity contribution in [1.82, 2.24) is 5.32 Å². The van der Waals surface area contributed by atoms with Crippen LogP contribution in [-0.2, 0) is 4.79 Å². The number of carbonyl (C=O) groups excluding carboxylic acids is 2. The highest BCUT2D eigenvalue weighted by Crippen LogP contribution is 2.31. The minimum atomic E-state index is -0.472. The van der Waals surface area contributed by atoms with Gasteiger partial charge >= 0.3 is 0 Å². The highest BCUT2D eigenvalue weighted by Gasteiger charge is 2.18. The zero-order chi connectivity index (χ0) is 18.6. The molecule has 0 aliphatic carbocycles. The number of rotatable bonds is 5. The summed E-state index contributed by atoms with van der Waals surface area (Å²) in [6.45, 7) is 5.75. The number of halogens is 2. The van der Waals surface area contributed by atoms with E-state index in [4.69, 9.17) is 11.6 Å². The molecule has 0 aliphatic heterocycles. The first-order chi connectivity index (χ1) is 11.8. The summed E-state index contributed by atoms with van der Waals surface area (Å²) in [5.41, 5.74) is 2.77. The average molecular weight is 363 g/mol. The van der Waals surface area contributed by atoms with E-state index in [2.05, 4.69) is 5.32 Å². The van der Waals surface area contributed by atoms with Crippen molar-refractivity contribution in [1.29, 1.82) is 0 Å². The Morgan fingerprint density at radius 1 is 1.20 bits per heavy atom. The molecule has 25 heavy (non-hydrogen) atoms. The second-order valence-corrected chi connectivity index (χ2v) is 6.26. The Labute approximate surface area is 151 Å². The van der Waals surface area contributed by atoms with Crippen molar-refractivity contribution >= 4 is 29.1 Å². The molecule has 2 aromatic carbocycles. The fourth-order valence-corrected chi connectivity index (χ4v) is 3.11. The van der Waals surface area contributed by atoms with E-state index in [0.717, 1.165) is 11.1 Å². The van der Waals surface area contributed by atoms with E-state index in [1.165, 1.54) is 36.1 Å². The smallest absolute Gasteiger partial charge is 0.251 e. The van der Waals surface area contributed by atoms with Crippen LogP contribution in [-0.4, -0.2) is 24.9 Å². The van der Waals surface area contributed by atoms with Crippen LogP contribution in [0.5, 0.6) is 0 Å². The number of nitrogens with zero attached hydrogens (tertiary/aromatic N) is 1. The van der Waals surface area contributed by atoms with E-state index >= 15 is 0 Å². The number of benzene rings is 2. The summed E-state index contributed by atoms with van der Waals surface area (Å²) in [6, 6.07) is 9.19. The fraction of sp³-hybridized carbons (Fsp3) is 0.263. The molecule has 2 aromatic rings. The van der Waals surface area contributed by atoms with Gasteiger partial charge in [-0.3, -0.25) is 9.59 Å². The molecule has 0 heterocycles. The maximum Gasteiger partial charge on any atom is 0.251 e. The van der Waals surface area contributed by atoms with Crippen molar-refractivity contribution in [3.63, 3.8) is 0 Å². The molecule has 0 saturated carbocycles. The van der Waals surface area contributed by atoms with E-state index in [-0.39, 0.29) is 24.6 Å². The number of amides is 2. The van der Waals surface area contributed by atoms with Gasteiger partial charge in [0.2, 0.25) is 5.91 Å². The van der Waals surface area contributed by atoms with Crippen LogP contribution in [0.4, 0.5) is 10.1 Å². The fourth-order valence-electron chi connectivity index (χ4n) is 2.69. The lowest BCUT2D eigenvalue weighted by molar-refractivity contribution is -0.116. The molecule has 0 unspecified atom stereocenters. The molecule has 0 radical (unpaired) electrons. The van der Waals surface area contributed by atoms with E-state index in [0.29, 0.717) is 10.7 Å². The van der Waals surface area contributed by atoms with Crippen LogP contribution in [0.15, 0.2) is 36.4 Å². The molecule has 0 spiro atoms. The molecule has 0 atom stereocenters. The average Bonchev–Trinajstić information content (AvgIpc) is 2.52. The van der Waals surface area contributed by atoms with Crippen LogP contribution < -0.4 is 10.2 Å². The maximum absolute atomic E-state index is 13.2. The normalized spacial score (nSPS) is 10.4. The molecule has 2 amide bonds. The summed E-state index contributed by atoms with van der Waals surface area (Å²) in [6.07, 6.45) is 0. The molecule has 0 aliphatic rings. The van der Waals surface area contributed by atoms with Gasteiger partial charge in [0, 0.05) is 25.6 Å². The van der Waals surface area contributed by atoms with Crippen LogP contribution >= 0.6 is 11.6 Å². The molecule has 0 fully saturated rings. The maximum atomic E-state index is 13.2. The number of hydrogen-bond acceptors (Lipinski definition) is 2. The Hall–Kier alpha value is -2.40. The number of anilines is 1. The lowest BCUT2D eigenvalue weighted by Gasteiger charge is -2.25. The molecule has 0 saturated heterocycles. The highest BCUT2D eigenvalue weighted by molar-refractivity contribution is 6.34. The highest BCUT2D eigenvalue weighted by atomic mass is 35.5. The van der Waals surface area contributed by atoms with Crippen LogP contribution in [0.25, 0.3) is 0 Å². The van der Waals surface area contributed by atoms with Crippen molar-refractivity contribution in [2.24, 2.45) is 0 Å². The summed E-state index contributed by atoms with van der Waals surface area (Å²) in [5.74, 6) is -1.04. The van der Waals surface area contributed by atoms with Crippen LogP contribution in [0.3, 0.4) is 0 Å². The first-order valence-corrected chi connectivity index (χ1v) is 8.26. The predicted molar refractivity (Wildman–Crippen MR) is 97.7 cm³/mol. The molecule has 0 bridgehead atoms. The Bertz CT molecular complexity index is 785. The molecule has 6 heteroatoms. The third kappa shape index (κ3) is 4.79. The van der Waals surface area contributed by atoms with Gasteiger partial charge in [0.15, 0.2) is 0 Å².